The number of rotatable bonds is 5. The summed E-state index contributed by atoms with van der Waals surface area (Å²) in [6.07, 6.45) is 0.888. The van der Waals surface area contributed by atoms with Gasteiger partial charge in [0.15, 0.2) is 0 Å². The van der Waals surface area contributed by atoms with Crippen LogP contribution in [0, 0.1) is 0 Å². The van der Waals surface area contributed by atoms with E-state index in [1.165, 1.54) is 0 Å². The molecule has 122 valence electrons. The molecule has 0 aliphatic carbocycles. The predicted octanol–water partition coefficient (Wildman–Crippen LogP) is 3.54. The van der Waals surface area contributed by atoms with Gasteiger partial charge in [-0.05, 0) is 24.5 Å². The van der Waals surface area contributed by atoms with E-state index in [4.69, 9.17) is 10.8 Å². The third-order valence-electron chi connectivity index (χ3n) is 3.53. The quantitative estimate of drug-likeness (QED) is 0.884. The molecule has 0 aromatic heterocycles. The largest absolute Gasteiger partial charge is 0.480 e. The molecule has 0 spiro atoms. The molecule has 0 saturated heterocycles. The fraction of sp³-hybridized carbons (Fsp3) is 0.263. The molecule has 3 N–H and O–H groups in total. The summed E-state index contributed by atoms with van der Waals surface area (Å²) < 4.78 is 0. The maximum absolute atomic E-state index is 11.2. The van der Waals surface area contributed by atoms with Crippen LogP contribution >= 0.6 is 0 Å². The van der Waals surface area contributed by atoms with Crippen LogP contribution in [0.15, 0.2) is 60.7 Å². The van der Waals surface area contributed by atoms with E-state index in [2.05, 4.69) is 0 Å². The first kappa shape index (κ1) is 18.6. The second kappa shape index (κ2) is 9.54. The van der Waals surface area contributed by atoms with E-state index >= 15 is 0 Å². The molecule has 0 radical (unpaired) electrons. The highest BCUT2D eigenvalue weighted by molar-refractivity contribution is 5.83. The van der Waals surface area contributed by atoms with Gasteiger partial charge < -0.3 is 10.8 Å². The summed E-state index contributed by atoms with van der Waals surface area (Å²) in [5, 5.41) is 8.51. The number of carboxylic acids is 1. The molecule has 0 bridgehead atoms. The van der Waals surface area contributed by atoms with Crippen molar-refractivity contribution >= 4 is 11.8 Å². The van der Waals surface area contributed by atoms with E-state index in [0.29, 0.717) is 5.56 Å². The van der Waals surface area contributed by atoms with Gasteiger partial charge in [0.05, 0.1) is 0 Å². The molecular formula is C19H23NO3. The van der Waals surface area contributed by atoms with Crippen LogP contribution in [0.5, 0.6) is 0 Å². The first-order valence-corrected chi connectivity index (χ1v) is 7.56. The van der Waals surface area contributed by atoms with Gasteiger partial charge in [-0.25, -0.2) is 0 Å². The highest BCUT2D eigenvalue weighted by atomic mass is 16.4. The van der Waals surface area contributed by atoms with Crippen molar-refractivity contribution in [3.8, 4) is 0 Å². The molecule has 2 aromatic rings. The number of Topliss-reactive ketones (excluding diaryl/α,β-unsaturated/α-hetero) is 1. The van der Waals surface area contributed by atoms with Gasteiger partial charge >= 0.3 is 5.97 Å². The monoisotopic (exact) mass is 313 g/mol. The number of hydrogen-bond donors (Lipinski definition) is 2. The lowest BCUT2D eigenvalue weighted by Crippen LogP contribution is -2.20. The van der Waals surface area contributed by atoms with Crippen molar-refractivity contribution in [1.29, 1.82) is 0 Å². The Hall–Kier alpha value is -2.46. The van der Waals surface area contributed by atoms with Crippen molar-refractivity contribution < 1.29 is 14.7 Å². The minimum atomic E-state index is -1.00. The Labute approximate surface area is 137 Å². The second-order valence-electron chi connectivity index (χ2n) is 5.21. The highest BCUT2D eigenvalue weighted by Crippen LogP contribution is 2.19. The van der Waals surface area contributed by atoms with Crippen LogP contribution in [0.3, 0.4) is 0 Å². The van der Waals surface area contributed by atoms with E-state index in [1.54, 1.807) is 31.2 Å². The summed E-state index contributed by atoms with van der Waals surface area (Å²) >= 11 is 0. The molecule has 2 rings (SSSR count). The first-order valence-electron chi connectivity index (χ1n) is 7.56. The average molecular weight is 313 g/mol. The number of benzene rings is 2. The number of nitrogens with two attached hydrogens (primary N) is 1. The molecular weight excluding hydrogens is 290 g/mol. The molecule has 4 heteroatoms. The maximum atomic E-state index is 11.2. The first-order chi connectivity index (χ1) is 11.0. The zero-order chi connectivity index (χ0) is 17.2. The summed E-state index contributed by atoms with van der Waals surface area (Å²) in [6, 6.07) is 17.8. The van der Waals surface area contributed by atoms with Crippen LogP contribution in [0.1, 0.15) is 43.4 Å². The lowest BCUT2D eigenvalue weighted by Gasteiger charge is -2.10. The molecule has 0 aliphatic rings. The van der Waals surface area contributed by atoms with Gasteiger partial charge in [0.1, 0.15) is 11.8 Å². The Morgan fingerprint density at radius 2 is 1.39 bits per heavy atom. The molecule has 23 heavy (non-hydrogen) atoms. The predicted molar refractivity (Wildman–Crippen MR) is 91.2 cm³/mol. The summed E-state index contributed by atoms with van der Waals surface area (Å²) in [4.78, 5) is 21.6. The number of carboxylic acid groups (broad SMARTS) is 1. The molecule has 2 aromatic carbocycles. The van der Waals surface area contributed by atoms with Crippen molar-refractivity contribution in [2.24, 2.45) is 5.73 Å². The van der Waals surface area contributed by atoms with Gasteiger partial charge in [0, 0.05) is 5.92 Å². The van der Waals surface area contributed by atoms with E-state index in [9.17, 15) is 9.59 Å². The molecule has 2 atom stereocenters. The van der Waals surface area contributed by atoms with Crippen molar-refractivity contribution in [3.05, 3.63) is 71.8 Å². The van der Waals surface area contributed by atoms with E-state index in [0.717, 1.165) is 12.0 Å². The maximum Gasteiger partial charge on any atom is 0.325 e. The fourth-order valence-electron chi connectivity index (χ4n) is 2.25. The van der Waals surface area contributed by atoms with Crippen LogP contribution in [0.2, 0.25) is 0 Å². The third-order valence-corrected chi connectivity index (χ3v) is 3.53. The van der Waals surface area contributed by atoms with Gasteiger partial charge in [-0.15, -0.1) is 0 Å². The lowest BCUT2D eigenvalue weighted by molar-refractivity contribution is -0.138. The van der Waals surface area contributed by atoms with E-state index in [-0.39, 0.29) is 11.7 Å². The highest BCUT2D eigenvalue weighted by Gasteiger charge is 2.13. The lowest BCUT2D eigenvalue weighted by atomic mass is 9.93. The Morgan fingerprint density at radius 3 is 1.74 bits per heavy atom. The third kappa shape index (κ3) is 6.04. The molecule has 0 unspecified atom stereocenters. The standard InChI is InChI=1S/C11H14O.C8H9NO2/c1-3-11(9(2)12)10-7-5-4-6-8-10;9-7(8(10)11)6-4-2-1-3-5-6/h4-8,11H,3H2,1-2H3;1-5,7H,9H2,(H,10,11)/t11-;7-/m10/s1. The van der Waals surface area contributed by atoms with Crippen molar-refractivity contribution in [1.82, 2.24) is 0 Å². The second-order valence-corrected chi connectivity index (χ2v) is 5.21. The number of carbonyl (C=O) groups is 2. The van der Waals surface area contributed by atoms with Gasteiger partial charge in [-0.1, -0.05) is 67.6 Å². The van der Waals surface area contributed by atoms with Crippen molar-refractivity contribution in [3.63, 3.8) is 0 Å². The Kier molecular flexibility index (Phi) is 7.71. The van der Waals surface area contributed by atoms with Crippen LogP contribution in [0.25, 0.3) is 0 Å². The number of ketones is 1. The van der Waals surface area contributed by atoms with Crippen LogP contribution in [-0.4, -0.2) is 16.9 Å². The molecule has 0 aliphatic heterocycles. The van der Waals surface area contributed by atoms with Gasteiger partial charge in [-0.2, -0.15) is 0 Å². The van der Waals surface area contributed by atoms with Gasteiger partial charge in [0.2, 0.25) is 0 Å². The fourth-order valence-corrected chi connectivity index (χ4v) is 2.25. The van der Waals surface area contributed by atoms with Gasteiger partial charge in [-0.3, -0.25) is 9.59 Å². The Morgan fingerprint density at radius 1 is 0.957 bits per heavy atom. The van der Waals surface area contributed by atoms with Crippen molar-refractivity contribution in [2.75, 3.05) is 0 Å². The van der Waals surface area contributed by atoms with Crippen LogP contribution in [0.4, 0.5) is 0 Å². The Balaban J connectivity index is 0.000000231. The number of carbonyl (C=O) groups excluding carboxylic acids is 1. The number of aliphatic carboxylic acids is 1. The van der Waals surface area contributed by atoms with E-state index in [1.807, 2.05) is 43.3 Å². The zero-order valence-electron chi connectivity index (χ0n) is 13.5. The van der Waals surface area contributed by atoms with Crippen LogP contribution < -0.4 is 5.73 Å². The normalized spacial score (nSPS) is 12.5. The van der Waals surface area contributed by atoms with Crippen LogP contribution in [-0.2, 0) is 9.59 Å². The van der Waals surface area contributed by atoms with Crippen molar-refractivity contribution in [2.45, 2.75) is 32.2 Å². The Bertz CT molecular complexity index is 611. The molecule has 4 nitrogen and oxygen atoms in total. The smallest absolute Gasteiger partial charge is 0.325 e. The number of hydrogen-bond acceptors (Lipinski definition) is 3. The minimum Gasteiger partial charge on any atom is -0.480 e. The SMILES string of the molecule is CC[C@H](C(C)=O)c1ccccc1.N[C@H](C(=O)O)c1ccccc1. The summed E-state index contributed by atoms with van der Waals surface area (Å²) in [6.45, 7) is 3.69. The summed E-state index contributed by atoms with van der Waals surface area (Å²) in [5.74, 6) is -0.661. The average Bonchev–Trinajstić information content (AvgIpc) is 2.57. The molecule has 0 saturated carbocycles. The topological polar surface area (TPSA) is 80.4 Å². The minimum absolute atomic E-state index is 0.0891. The molecule has 0 fully saturated rings. The van der Waals surface area contributed by atoms with Gasteiger partial charge in [0.25, 0.3) is 0 Å². The summed E-state index contributed by atoms with van der Waals surface area (Å²) in [7, 11) is 0. The molecule has 0 heterocycles. The zero-order valence-corrected chi connectivity index (χ0v) is 13.5. The van der Waals surface area contributed by atoms with E-state index < -0.39 is 12.0 Å². The summed E-state index contributed by atoms with van der Waals surface area (Å²) in [5.41, 5.74) is 7.10. The molecule has 0 amide bonds.